The fraction of sp³-hybridized carbons (Fsp3) is 0.222. The predicted octanol–water partition coefficient (Wildman–Crippen LogP) is -0.413. The quantitative estimate of drug-likeness (QED) is 0.480. The largest absolute Gasteiger partial charge is 0.480 e. The first kappa shape index (κ1) is 14.6. The lowest BCUT2D eigenvalue weighted by atomic mass is 10.4. The lowest BCUT2D eigenvalue weighted by Gasteiger charge is -2.03. The molecule has 0 aromatic carbocycles. The molecule has 0 radical (unpaired) electrons. The average molecular weight is 287 g/mol. The van der Waals surface area contributed by atoms with Gasteiger partial charge in [-0.3, -0.25) is 24.5 Å². The molecule has 10 heteroatoms. The summed E-state index contributed by atoms with van der Waals surface area (Å²) in [4.78, 5) is 42.7. The highest BCUT2D eigenvalue weighted by Gasteiger charge is 2.15. The zero-order chi connectivity index (χ0) is 14.4. The number of carbonyl (C=O) groups excluding carboxylic acids is 2. The van der Waals surface area contributed by atoms with Crippen LogP contribution in [0, 0.1) is 10.1 Å². The van der Waals surface area contributed by atoms with E-state index in [1.54, 1.807) is 0 Å². The van der Waals surface area contributed by atoms with Crippen LogP contribution in [-0.4, -0.2) is 40.9 Å². The van der Waals surface area contributed by atoms with Crippen LogP contribution in [-0.2, 0) is 9.59 Å². The second-order valence-electron chi connectivity index (χ2n) is 3.25. The topological polar surface area (TPSA) is 139 Å². The van der Waals surface area contributed by atoms with E-state index in [0.29, 0.717) is 11.3 Å². The monoisotopic (exact) mass is 287 g/mol. The number of hydrogen-bond donors (Lipinski definition) is 3. The number of amides is 2. The Kier molecular flexibility index (Phi) is 4.94. The van der Waals surface area contributed by atoms with E-state index in [1.807, 2.05) is 0 Å². The number of nitrogens with one attached hydrogen (secondary N) is 2. The Morgan fingerprint density at radius 1 is 1.26 bits per heavy atom. The smallest absolute Gasteiger partial charge is 0.324 e. The average Bonchev–Trinajstić information content (AvgIpc) is 2.83. The number of carboxylic acid groups (broad SMARTS) is 1. The molecule has 0 fully saturated rings. The molecule has 102 valence electrons. The molecule has 1 heterocycles. The van der Waals surface area contributed by atoms with Gasteiger partial charge in [0.1, 0.15) is 6.54 Å². The van der Waals surface area contributed by atoms with E-state index in [2.05, 4.69) is 10.6 Å². The molecule has 1 rings (SSSR count). The predicted molar refractivity (Wildman–Crippen MR) is 64.0 cm³/mol. The van der Waals surface area contributed by atoms with Crippen molar-refractivity contribution in [2.45, 2.75) is 0 Å². The Hall–Kier alpha value is -2.49. The number of rotatable bonds is 6. The molecule has 1 aromatic heterocycles. The minimum absolute atomic E-state index is 0.0951. The normalized spacial score (nSPS) is 9.68. The summed E-state index contributed by atoms with van der Waals surface area (Å²) in [5.41, 5.74) is 0. The summed E-state index contributed by atoms with van der Waals surface area (Å²) >= 11 is 0.682. The Morgan fingerprint density at radius 2 is 1.95 bits per heavy atom. The highest BCUT2D eigenvalue weighted by atomic mass is 32.1. The van der Waals surface area contributed by atoms with Gasteiger partial charge in [-0.05, 0) is 6.07 Å². The fourth-order valence-corrected chi connectivity index (χ4v) is 1.77. The van der Waals surface area contributed by atoms with Crippen molar-refractivity contribution >= 4 is 34.1 Å². The summed E-state index contributed by atoms with van der Waals surface area (Å²) in [7, 11) is 0. The highest BCUT2D eigenvalue weighted by Crippen LogP contribution is 2.23. The second kappa shape index (κ2) is 6.44. The first-order valence-corrected chi connectivity index (χ1v) is 5.72. The maximum Gasteiger partial charge on any atom is 0.324 e. The number of carbonyl (C=O) groups is 3. The number of carboxylic acids is 1. The summed E-state index contributed by atoms with van der Waals surface area (Å²) in [5.74, 6) is -2.50. The molecule has 0 unspecified atom stereocenters. The van der Waals surface area contributed by atoms with Crippen molar-refractivity contribution in [1.82, 2.24) is 10.6 Å². The summed E-state index contributed by atoms with van der Waals surface area (Å²) in [6, 6.07) is 2.46. The molecule has 0 atom stereocenters. The SMILES string of the molecule is O=C(O)CNC(=O)CNC(=O)c1ccc([N+](=O)[O-])s1. The van der Waals surface area contributed by atoms with Crippen molar-refractivity contribution < 1.29 is 24.4 Å². The first-order valence-electron chi connectivity index (χ1n) is 4.91. The zero-order valence-corrected chi connectivity index (χ0v) is 10.2. The third kappa shape index (κ3) is 4.71. The van der Waals surface area contributed by atoms with Gasteiger partial charge in [0.15, 0.2) is 0 Å². The molecule has 1 aromatic rings. The van der Waals surface area contributed by atoms with Crippen molar-refractivity contribution in [1.29, 1.82) is 0 Å². The van der Waals surface area contributed by atoms with E-state index in [1.165, 1.54) is 12.1 Å². The molecule has 0 aliphatic carbocycles. The van der Waals surface area contributed by atoms with Gasteiger partial charge in [0, 0.05) is 6.07 Å². The van der Waals surface area contributed by atoms with Crippen LogP contribution in [0.15, 0.2) is 12.1 Å². The third-order valence-corrected chi connectivity index (χ3v) is 2.88. The number of nitrogens with zero attached hydrogens (tertiary/aromatic N) is 1. The van der Waals surface area contributed by atoms with Crippen molar-refractivity contribution in [3.63, 3.8) is 0 Å². The van der Waals surface area contributed by atoms with Crippen LogP contribution < -0.4 is 10.6 Å². The van der Waals surface area contributed by atoms with Gasteiger partial charge in [-0.15, -0.1) is 0 Å². The summed E-state index contributed by atoms with van der Waals surface area (Å²) in [6.07, 6.45) is 0. The molecule has 19 heavy (non-hydrogen) atoms. The maximum atomic E-state index is 11.5. The molecule has 0 aliphatic heterocycles. The van der Waals surface area contributed by atoms with Crippen LogP contribution in [0.1, 0.15) is 9.67 Å². The first-order chi connectivity index (χ1) is 8.90. The molecular formula is C9H9N3O6S. The number of thiophene rings is 1. The summed E-state index contributed by atoms with van der Waals surface area (Å²) < 4.78 is 0. The summed E-state index contributed by atoms with van der Waals surface area (Å²) in [6.45, 7) is -0.947. The lowest BCUT2D eigenvalue weighted by molar-refractivity contribution is -0.380. The molecule has 0 saturated carbocycles. The Morgan fingerprint density at radius 3 is 2.47 bits per heavy atom. The van der Waals surface area contributed by atoms with Gasteiger partial charge in [-0.25, -0.2) is 0 Å². The lowest BCUT2D eigenvalue weighted by Crippen LogP contribution is -2.38. The molecule has 2 amide bonds. The van der Waals surface area contributed by atoms with E-state index >= 15 is 0 Å². The van der Waals surface area contributed by atoms with Gasteiger partial charge in [-0.2, -0.15) is 0 Å². The van der Waals surface area contributed by atoms with Crippen LogP contribution in [0.2, 0.25) is 0 Å². The van der Waals surface area contributed by atoms with Gasteiger partial charge in [0.05, 0.1) is 16.3 Å². The number of nitro groups is 1. The van der Waals surface area contributed by atoms with E-state index < -0.39 is 35.8 Å². The van der Waals surface area contributed by atoms with Crippen LogP contribution in [0.25, 0.3) is 0 Å². The third-order valence-electron chi connectivity index (χ3n) is 1.84. The molecule has 0 saturated heterocycles. The Balaban J connectivity index is 2.44. The Bertz CT molecular complexity index is 526. The number of aliphatic carboxylic acids is 1. The zero-order valence-electron chi connectivity index (χ0n) is 9.41. The van der Waals surface area contributed by atoms with E-state index in [-0.39, 0.29) is 9.88 Å². The molecule has 0 bridgehead atoms. The van der Waals surface area contributed by atoms with Gasteiger partial charge in [0.25, 0.3) is 5.91 Å². The molecule has 0 aliphatic rings. The maximum absolute atomic E-state index is 11.5. The van der Waals surface area contributed by atoms with Gasteiger partial charge in [-0.1, -0.05) is 11.3 Å². The minimum Gasteiger partial charge on any atom is -0.480 e. The molecule has 9 nitrogen and oxygen atoms in total. The standard InChI is InChI=1S/C9H9N3O6S/c13-6(10-4-8(14)15)3-11-9(16)5-1-2-7(19-5)12(17)18/h1-2H,3-4H2,(H,10,13)(H,11,16)(H,14,15). The van der Waals surface area contributed by atoms with Crippen LogP contribution in [0.4, 0.5) is 5.00 Å². The van der Waals surface area contributed by atoms with Crippen molar-refractivity contribution in [3.8, 4) is 0 Å². The van der Waals surface area contributed by atoms with Gasteiger partial charge in [0.2, 0.25) is 5.91 Å². The molecular weight excluding hydrogens is 278 g/mol. The molecule has 3 N–H and O–H groups in total. The van der Waals surface area contributed by atoms with E-state index in [9.17, 15) is 24.5 Å². The minimum atomic E-state index is -1.20. The van der Waals surface area contributed by atoms with Crippen molar-refractivity contribution in [2.75, 3.05) is 13.1 Å². The van der Waals surface area contributed by atoms with Crippen LogP contribution in [0.3, 0.4) is 0 Å². The van der Waals surface area contributed by atoms with Crippen molar-refractivity contribution in [2.24, 2.45) is 0 Å². The van der Waals surface area contributed by atoms with Gasteiger partial charge < -0.3 is 15.7 Å². The van der Waals surface area contributed by atoms with Crippen LogP contribution >= 0.6 is 11.3 Å². The Labute approximate surface area is 110 Å². The number of hydrogen-bond acceptors (Lipinski definition) is 6. The van der Waals surface area contributed by atoms with Crippen LogP contribution in [0.5, 0.6) is 0 Å². The molecule has 0 spiro atoms. The highest BCUT2D eigenvalue weighted by molar-refractivity contribution is 7.17. The summed E-state index contributed by atoms with van der Waals surface area (Å²) in [5, 5.41) is 22.8. The van der Waals surface area contributed by atoms with Gasteiger partial charge >= 0.3 is 11.0 Å². The van der Waals surface area contributed by atoms with E-state index in [0.717, 1.165) is 0 Å². The van der Waals surface area contributed by atoms with E-state index in [4.69, 9.17) is 5.11 Å². The van der Waals surface area contributed by atoms with Crippen molar-refractivity contribution in [3.05, 3.63) is 27.1 Å². The fourth-order valence-electron chi connectivity index (χ4n) is 1.03. The second-order valence-corrected chi connectivity index (χ2v) is 4.31.